The lowest BCUT2D eigenvalue weighted by molar-refractivity contribution is -0.116. The van der Waals surface area contributed by atoms with E-state index in [0.29, 0.717) is 5.56 Å². The van der Waals surface area contributed by atoms with E-state index in [1.807, 2.05) is 0 Å². The average molecular weight is 234 g/mol. The maximum absolute atomic E-state index is 13.4. The Morgan fingerprint density at radius 2 is 2.29 bits per heavy atom. The van der Waals surface area contributed by atoms with E-state index in [1.165, 1.54) is 32.4 Å². The molecule has 0 saturated heterocycles. The molecule has 0 bridgehead atoms. The summed E-state index contributed by atoms with van der Waals surface area (Å²) in [6, 6.07) is 5.93. The molecule has 1 aromatic rings. The van der Waals surface area contributed by atoms with Gasteiger partial charge in [0.1, 0.15) is 11.6 Å². The minimum atomic E-state index is -0.546. The van der Waals surface area contributed by atoms with Crippen LogP contribution >= 0.6 is 0 Å². The number of nitrogens with zero attached hydrogens (tertiary/aromatic N) is 1. The molecule has 0 spiro atoms. The summed E-state index contributed by atoms with van der Waals surface area (Å²) in [5.74, 6) is -0.945. The van der Waals surface area contributed by atoms with Crippen LogP contribution in [0.15, 0.2) is 23.8 Å². The van der Waals surface area contributed by atoms with Gasteiger partial charge in [-0.3, -0.25) is 4.79 Å². The van der Waals surface area contributed by atoms with Crippen molar-refractivity contribution >= 4 is 12.0 Å². The van der Waals surface area contributed by atoms with Crippen molar-refractivity contribution in [2.24, 2.45) is 0 Å². The van der Waals surface area contributed by atoms with Gasteiger partial charge in [0.05, 0.1) is 7.11 Å². The predicted octanol–water partition coefficient (Wildman–Crippen LogP) is 1.49. The topological polar surface area (TPSA) is 62.1 Å². The van der Waals surface area contributed by atoms with E-state index < -0.39 is 11.7 Å². The molecule has 5 heteroatoms. The van der Waals surface area contributed by atoms with Crippen LogP contribution in [0.5, 0.6) is 5.75 Å². The monoisotopic (exact) mass is 234 g/mol. The first-order valence-corrected chi connectivity index (χ1v) is 4.79. The second kappa shape index (κ2) is 5.66. The summed E-state index contributed by atoms with van der Waals surface area (Å²) in [6.07, 6.45) is 1.31. The molecular weight excluding hydrogens is 223 g/mol. The summed E-state index contributed by atoms with van der Waals surface area (Å²) in [7, 11) is 2.78. The number of halogens is 1. The Labute approximate surface area is 98.3 Å². The third-order valence-electron chi connectivity index (χ3n) is 2.08. The standard InChI is InChI=1S/C12H11FN2O2/c1-15-12(16)9(7-14)5-8-3-4-11(17-2)10(13)6-8/h3-6H,1-2H3,(H,15,16)/b9-5+. The highest BCUT2D eigenvalue weighted by Gasteiger charge is 2.07. The maximum Gasteiger partial charge on any atom is 0.261 e. The Balaban J connectivity index is 3.10. The molecule has 17 heavy (non-hydrogen) atoms. The highest BCUT2D eigenvalue weighted by atomic mass is 19.1. The largest absolute Gasteiger partial charge is 0.494 e. The Morgan fingerprint density at radius 1 is 1.59 bits per heavy atom. The van der Waals surface area contributed by atoms with Crippen molar-refractivity contribution in [3.63, 3.8) is 0 Å². The van der Waals surface area contributed by atoms with Gasteiger partial charge >= 0.3 is 0 Å². The molecule has 1 N–H and O–H groups in total. The van der Waals surface area contributed by atoms with E-state index in [9.17, 15) is 9.18 Å². The summed E-state index contributed by atoms with van der Waals surface area (Å²) in [4.78, 5) is 11.2. The zero-order chi connectivity index (χ0) is 12.8. The highest BCUT2D eigenvalue weighted by Crippen LogP contribution is 2.19. The first kappa shape index (κ1) is 12.7. The van der Waals surface area contributed by atoms with Crippen LogP contribution in [0.2, 0.25) is 0 Å². The Kier molecular flexibility index (Phi) is 4.23. The fraction of sp³-hybridized carbons (Fsp3) is 0.167. The third-order valence-corrected chi connectivity index (χ3v) is 2.08. The molecular formula is C12H11FN2O2. The van der Waals surface area contributed by atoms with Gasteiger partial charge in [-0.15, -0.1) is 0 Å². The number of hydrogen-bond acceptors (Lipinski definition) is 3. The van der Waals surface area contributed by atoms with Crippen molar-refractivity contribution in [3.8, 4) is 11.8 Å². The van der Waals surface area contributed by atoms with E-state index in [-0.39, 0.29) is 11.3 Å². The van der Waals surface area contributed by atoms with Crippen LogP contribution < -0.4 is 10.1 Å². The molecule has 88 valence electrons. The van der Waals surface area contributed by atoms with Crippen LogP contribution in [0.4, 0.5) is 4.39 Å². The number of hydrogen-bond donors (Lipinski definition) is 1. The van der Waals surface area contributed by atoms with Crippen LogP contribution in [-0.4, -0.2) is 20.1 Å². The van der Waals surface area contributed by atoms with Gasteiger partial charge in [0, 0.05) is 7.05 Å². The minimum absolute atomic E-state index is 0.0860. The predicted molar refractivity (Wildman–Crippen MR) is 60.6 cm³/mol. The molecule has 0 aromatic heterocycles. The fourth-order valence-electron chi connectivity index (χ4n) is 1.22. The van der Waals surface area contributed by atoms with Crippen LogP contribution in [0, 0.1) is 17.1 Å². The number of nitrogens with one attached hydrogen (secondary N) is 1. The Morgan fingerprint density at radius 3 is 2.76 bits per heavy atom. The average Bonchev–Trinajstić information content (AvgIpc) is 2.35. The number of amides is 1. The van der Waals surface area contributed by atoms with E-state index in [4.69, 9.17) is 10.00 Å². The zero-order valence-electron chi connectivity index (χ0n) is 9.45. The van der Waals surface area contributed by atoms with Gasteiger partial charge in [-0.05, 0) is 23.8 Å². The molecule has 1 rings (SSSR count). The first-order valence-electron chi connectivity index (χ1n) is 4.79. The number of ether oxygens (including phenoxy) is 1. The number of methoxy groups -OCH3 is 1. The van der Waals surface area contributed by atoms with Gasteiger partial charge in [0.2, 0.25) is 0 Å². The summed E-state index contributed by atoms with van der Waals surface area (Å²) in [6.45, 7) is 0. The molecule has 4 nitrogen and oxygen atoms in total. The zero-order valence-corrected chi connectivity index (χ0v) is 9.45. The first-order chi connectivity index (χ1) is 8.12. The third kappa shape index (κ3) is 3.05. The quantitative estimate of drug-likeness (QED) is 0.636. The summed E-state index contributed by atoms with van der Waals surface area (Å²) >= 11 is 0. The van der Waals surface area contributed by atoms with Gasteiger partial charge < -0.3 is 10.1 Å². The van der Waals surface area contributed by atoms with E-state index >= 15 is 0 Å². The second-order valence-corrected chi connectivity index (χ2v) is 3.14. The van der Waals surface area contributed by atoms with Crippen LogP contribution in [0.3, 0.4) is 0 Å². The van der Waals surface area contributed by atoms with Crippen molar-refractivity contribution in [2.75, 3.05) is 14.2 Å². The van der Waals surface area contributed by atoms with Crippen molar-refractivity contribution in [3.05, 3.63) is 35.2 Å². The Bertz CT molecular complexity index is 504. The molecule has 0 heterocycles. The van der Waals surface area contributed by atoms with Crippen molar-refractivity contribution < 1.29 is 13.9 Å². The van der Waals surface area contributed by atoms with Crippen molar-refractivity contribution in [2.45, 2.75) is 0 Å². The summed E-state index contributed by atoms with van der Waals surface area (Å²) in [5.41, 5.74) is 0.334. The molecule has 0 aliphatic rings. The molecule has 1 aromatic carbocycles. The van der Waals surface area contributed by atoms with E-state index in [0.717, 1.165) is 0 Å². The summed E-state index contributed by atoms with van der Waals surface area (Å²) < 4.78 is 18.1. The lowest BCUT2D eigenvalue weighted by Gasteiger charge is -2.02. The number of nitriles is 1. The molecule has 0 atom stereocenters. The number of carbonyl (C=O) groups excluding carboxylic acids is 1. The normalized spacial score (nSPS) is 10.6. The number of benzene rings is 1. The second-order valence-electron chi connectivity index (χ2n) is 3.14. The molecule has 0 radical (unpaired) electrons. The van der Waals surface area contributed by atoms with Crippen LogP contribution in [0.1, 0.15) is 5.56 Å². The molecule has 0 unspecified atom stereocenters. The van der Waals surface area contributed by atoms with Crippen LogP contribution in [0.25, 0.3) is 6.08 Å². The lowest BCUT2D eigenvalue weighted by atomic mass is 10.1. The molecule has 0 aliphatic heterocycles. The molecule has 0 aliphatic carbocycles. The van der Waals surface area contributed by atoms with Crippen LogP contribution in [-0.2, 0) is 4.79 Å². The van der Waals surface area contributed by atoms with E-state index in [1.54, 1.807) is 12.1 Å². The highest BCUT2D eigenvalue weighted by molar-refractivity contribution is 6.01. The Hall–Kier alpha value is -2.35. The van der Waals surface area contributed by atoms with Gasteiger partial charge in [0.15, 0.2) is 11.6 Å². The number of likely N-dealkylation sites (N-methyl/N-ethyl adjacent to an activating group) is 1. The minimum Gasteiger partial charge on any atom is -0.494 e. The van der Waals surface area contributed by atoms with Gasteiger partial charge in [-0.2, -0.15) is 5.26 Å². The lowest BCUT2D eigenvalue weighted by Crippen LogP contribution is -2.19. The van der Waals surface area contributed by atoms with Crippen molar-refractivity contribution in [1.29, 1.82) is 5.26 Å². The molecule has 0 saturated carbocycles. The van der Waals surface area contributed by atoms with Gasteiger partial charge in [-0.1, -0.05) is 6.07 Å². The molecule has 0 fully saturated rings. The molecule has 1 amide bonds. The van der Waals surface area contributed by atoms with Crippen molar-refractivity contribution in [1.82, 2.24) is 5.32 Å². The fourth-order valence-corrected chi connectivity index (χ4v) is 1.22. The number of carbonyl (C=O) groups is 1. The van der Waals surface area contributed by atoms with E-state index in [2.05, 4.69) is 5.32 Å². The SMILES string of the molecule is CNC(=O)/C(C#N)=C/c1ccc(OC)c(F)c1. The van der Waals surface area contributed by atoms with Gasteiger partial charge in [0.25, 0.3) is 5.91 Å². The van der Waals surface area contributed by atoms with Gasteiger partial charge in [-0.25, -0.2) is 4.39 Å². The number of rotatable bonds is 3. The smallest absolute Gasteiger partial charge is 0.261 e. The maximum atomic E-state index is 13.4. The summed E-state index contributed by atoms with van der Waals surface area (Å²) in [5, 5.41) is 11.1.